The van der Waals surface area contributed by atoms with Crippen LogP contribution in [0.15, 0.2) is 0 Å². The van der Waals surface area contributed by atoms with Gasteiger partial charge in [0.25, 0.3) is 0 Å². The molecule has 0 N–H and O–H groups in total. The van der Waals surface area contributed by atoms with Gasteiger partial charge in [-0.15, -0.1) is 0 Å². The Morgan fingerprint density at radius 1 is 1.00 bits per heavy atom. The van der Waals surface area contributed by atoms with Crippen LogP contribution in [0, 0.1) is 40.9 Å². The van der Waals surface area contributed by atoms with Crippen LogP contribution >= 0.6 is 0 Å². The van der Waals surface area contributed by atoms with Gasteiger partial charge in [-0.25, -0.2) is 0 Å². The van der Waals surface area contributed by atoms with Crippen molar-refractivity contribution in [2.24, 2.45) is 40.9 Å². The van der Waals surface area contributed by atoms with Gasteiger partial charge in [-0.3, -0.25) is 0 Å². The molecular formula is C19H36. The van der Waals surface area contributed by atoms with Gasteiger partial charge in [0.15, 0.2) is 0 Å². The molecule has 0 amide bonds. The fraction of sp³-hybridized carbons (Fsp3) is 1.00. The molecule has 2 fully saturated rings. The van der Waals surface area contributed by atoms with Crippen LogP contribution in [0.3, 0.4) is 0 Å². The Labute approximate surface area is 121 Å². The molecule has 0 heterocycles. The molecule has 112 valence electrons. The summed E-state index contributed by atoms with van der Waals surface area (Å²) in [4.78, 5) is 0. The zero-order chi connectivity index (χ0) is 14.2. The van der Waals surface area contributed by atoms with Crippen LogP contribution in [0.25, 0.3) is 0 Å². The van der Waals surface area contributed by atoms with E-state index >= 15 is 0 Å². The summed E-state index contributed by atoms with van der Waals surface area (Å²) in [6.07, 6.45) is 8.90. The highest BCUT2D eigenvalue weighted by molar-refractivity contribution is 4.98. The highest BCUT2D eigenvalue weighted by Gasteiger charge is 2.48. The third-order valence-corrected chi connectivity index (χ3v) is 6.91. The van der Waals surface area contributed by atoms with Gasteiger partial charge in [-0.1, -0.05) is 48.0 Å². The predicted molar refractivity (Wildman–Crippen MR) is 85.1 cm³/mol. The molecule has 6 unspecified atom stereocenters. The monoisotopic (exact) mass is 264 g/mol. The molecule has 0 aromatic rings. The number of hydrogen-bond donors (Lipinski definition) is 0. The molecule has 0 bridgehead atoms. The topological polar surface area (TPSA) is 0 Å². The summed E-state index contributed by atoms with van der Waals surface area (Å²) in [7, 11) is 0. The van der Waals surface area contributed by atoms with Crippen LogP contribution in [0.5, 0.6) is 0 Å². The Morgan fingerprint density at radius 3 is 2.32 bits per heavy atom. The number of hydrogen-bond acceptors (Lipinski definition) is 0. The number of rotatable bonds is 3. The van der Waals surface area contributed by atoms with E-state index in [0.29, 0.717) is 5.41 Å². The average molecular weight is 264 g/mol. The van der Waals surface area contributed by atoms with Gasteiger partial charge in [0.2, 0.25) is 0 Å². The van der Waals surface area contributed by atoms with Crippen molar-refractivity contribution >= 4 is 0 Å². The molecule has 6 atom stereocenters. The molecule has 0 aromatic heterocycles. The molecular weight excluding hydrogens is 228 g/mol. The maximum atomic E-state index is 2.63. The van der Waals surface area contributed by atoms with Crippen molar-refractivity contribution < 1.29 is 0 Å². The molecule has 0 heteroatoms. The Bertz CT molecular complexity index is 292. The van der Waals surface area contributed by atoms with E-state index in [2.05, 4.69) is 41.5 Å². The van der Waals surface area contributed by atoms with Gasteiger partial charge < -0.3 is 0 Å². The van der Waals surface area contributed by atoms with E-state index < -0.39 is 0 Å². The minimum Gasteiger partial charge on any atom is -0.0628 e. The standard InChI is InChI=1S/C19H36/c1-13(2)11-15(4)17-9-10-18-14(3)7-8-16(5)19(18,6)12-17/h13-18H,7-12H2,1-6H3. The highest BCUT2D eigenvalue weighted by atomic mass is 14.5. The van der Waals surface area contributed by atoms with Gasteiger partial charge in [-0.05, 0) is 73.0 Å². The lowest BCUT2D eigenvalue weighted by Gasteiger charge is -2.55. The number of fused-ring (bicyclic) bond motifs is 1. The summed E-state index contributed by atoms with van der Waals surface area (Å²) in [5, 5.41) is 0. The lowest BCUT2D eigenvalue weighted by molar-refractivity contribution is -0.0551. The van der Waals surface area contributed by atoms with Crippen LogP contribution in [0.1, 0.15) is 80.1 Å². The van der Waals surface area contributed by atoms with Crippen molar-refractivity contribution in [2.45, 2.75) is 80.1 Å². The SMILES string of the molecule is CC(C)CC(C)C1CCC2C(C)CCC(C)C2(C)C1. The second-order valence-electron chi connectivity index (χ2n) is 8.72. The van der Waals surface area contributed by atoms with E-state index in [0.717, 1.165) is 35.5 Å². The first-order chi connectivity index (χ1) is 8.84. The third kappa shape index (κ3) is 3.03. The summed E-state index contributed by atoms with van der Waals surface area (Å²) in [6, 6.07) is 0. The lowest BCUT2D eigenvalue weighted by atomic mass is 9.50. The Kier molecular flexibility index (Phi) is 4.68. The van der Waals surface area contributed by atoms with E-state index in [1.807, 2.05) is 0 Å². The van der Waals surface area contributed by atoms with E-state index in [9.17, 15) is 0 Å². The molecule has 2 aliphatic rings. The summed E-state index contributed by atoms with van der Waals surface area (Å²) >= 11 is 0. The van der Waals surface area contributed by atoms with Crippen LogP contribution in [0.4, 0.5) is 0 Å². The third-order valence-electron chi connectivity index (χ3n) is 6.91. The highest BCUT2D eigenvalue weighted by Crippen LogP contribution is 2.57. The van der Waals surface area contributed by atoms with Crippen LogP contribution in [0.2, 0.25) is 0 Å². The molecule has 0 saturated heterocycles. The molecule has 0 nitrogen and oxygen atoms in total. The first kappa shape index (κ1) is 15.4. The zero-order valence-electron chi connectivity index (χ0n) is 14.2. The molecule has 0 spiro atoms. The quantitative estimate of drug-likeness (QED) is 0.573. The van der Waals surface area contributed by atoms with Gasteiger partial charge in [0.05, 0.1) is 0 Å². The van der Waals surface area contributed by atoms with E-state index in [1.54, 1.807) is 0 Å². The Balaban J connectivity index is 2.07. The van der Waals surface area contributed by atoms with Crippen LogP contribution < -0.4 is 0 Å². The predicted octanol–water partition coefficient (Wildman–Crippen LogP) is 6.16. The van der Waals surface area contributed by atoms with E-state index in [-0.39, 0.29) is 0 Å². The van der Waals surface area contributed by atoms with Crippen molar-refractivity contribution in [2.75, 3.05) is 0 Å². The van der Waals surface area contributed by atoms with Crippen molar-refractivity contribution in [3.63, 3.8) is 0 Å². The zero-order valence-corrected chi connectivity index (χ0v) is 14.2. The summed E-state index contributed by atoms with van der Waals surface area (Å²) in [5.74, 6) is 5.73. The van der Waals surface area contributed by atoms with Gasteiger partial charge >= 0.3 is 0 Å². The van der Waals surface area contributed by atoms with Crippen molar-refractivity contribution in [1.29, 1.82) is 0 Å². The fourth-order valence-electron chi connectivity index (χ4n) is 5.51. The van der Waals surface area contributed by atoms with Gasteiger partial charge in [0, 0.05) is 0 Å². The second kappa shape index (κ2) is 5.78. The van der Waals surface area contributed by atoms with E-state index in [1.165, 1.54) is 38.5 Å². The van der Waals surface area contributed by atoms with Crippen molar-refractivity contribution in [3.8, 4) is 0 Å². The molecule has 19 heavy (non-hydrogen) atoms. The molecule has 0 radical (unpaired) electrons. The molecule has 0 aromatic carbocycles. The second-order valence-corrected chi connectivity index (χ2v) is 8.72. The molecule has 2 aliphatic carbocycles. The van der Waals surface area contributed by atoms with Gasteiger partial charge in [-0.2, -0.15) is 0 Å². The Hall–Kier alpha value is 0. The van der Waals surface area contributed by atoms with Crippen molar-refractivity contribution in [1.82, 2.24) is 0 Å². The molecule has 2 rings (SSSR count). The van der Waals surface area contributed by atoms with Gasteiger partial charge in [0.1, 0.15) is 0 Å². The summed E-state index contributed by atoms with van der Waals surface area (Å²) in [6.45, 7) is 15.0. The minimum absolute atomic E-state index is 0.645. The van der Waals surface area contributed by atoms with Crippen molar-refractivity contribution in [3.05, 3.63) is 0 Å². The molecule has 2 saturated carbocycles. The minimum atomic E-state index is 0.645. The maximum absolute atomic E-state index is 2.63. The maximum Gasteiger partial charge on any atom is -0.0267 e. The van der Waals surface area contributed by atoms with E-state index in [4.69, 9.17) is 0 Å². The normalized spacial score (nSPS) is 45.0. The van der Waals surface area contributed by atoms with Crippen LogP contribution in [-0.2, 0) is 0 Å². The first-order valence-electron chi connectivity index (χ1n) is 8.84. The Morgan fingerprint density at radius 2 is 1.68 bits per heavy atom. The average Bonchev–Trinajstić information content (AvgIpc) is 2.33. The lowest BCUT2D eigenvalue weighted by Crippen LogP contribution is -2.46. The summed E-state index contributed by atoms with van der Waals surface area (Å²) < 4.78 is 0. The largest absolute Gasteiger partial charge is 0.0628 e. The smallest absolute Gasteiger partial charge is 0.0267 e. The molecule has 0 aliphatic heterocycles. The van der Waals surface area contributed by atoms with Crippen LogP contribution in [-0.4, -0.2) is 0 Å². The fourth-order valence-corrected chi connectivity index (χ4v) is 5.51. The summed E-state index contributed by atoms with van der Waals surface area (Å²) in [5.41, 5.74) is 0.645. The first-order valence-corrected chi connectivity index (χ1v) is 8.84.